The van der Waals surface area contributed by atoms with Crippen LogP contribution >= 0.6 is 0 Å². The quantitative estimate of drug-likeness (QED) is 0.626. The summed E-state index contributed by atoms with van der Waals surface area (Å²) in [4.78, 5) is 0. The van der Waals surface area contributed by atoms with E-state index in [1.54, 1.807) is 0 Å². The molecule has 0 radical (unpaired) electrons. The highest BCUT2D eigenvalue weighted by Gasteiger charge is 2.10. The van der Waals surface area contributed by atoms with Crippen LogP contribution in [0.5, 0.6) is 0 Å². The van der Waals surface area contributed by atoms with Gasteiger partial charge in [0.15, 0.2) is 0 Å². The van der Waals surface area contributed by atoms with E-state index in [1.807, 2.05) is 10.9 Å². The third-order valence-electron chi connectivity index (χ3n) is 3.21. The van der Waals surface area contributed by atoms with Gasteiger partial charge in [-0.3, -0.25) is 4.68 Å². The molecule has 0 aliphatic carbocycles. The Morgan fingerprint density at radius 2 is 2.11 bits per heavy atom. The molecule has 0 bridgehead atoms. The van der Waals surface area contributed by atoms with E-state index < -0.39 is 0 Å². The zero-order valence-corrected chi connectivity index (χ0v) is 12.7. The van der Waals surface area contributed by atoms with Crippen LogP contribution in [0.1, 0.15) is 58.1 Å². The second kappa shape index (κ2) is 9.98. The average molecular weight is 267 g/mol. The molecule has 1 aromatic heterocycles. The summed E-state index contributed by atoms with van der Waals surface area (Å²) < 4.78 is 7.55. The number of unbranched alkanes of at least 4 members (excludes halogenated alkanes) is 1. The van der Waals surface area contributed by atoms with Gasteiger partial charge in [0.2, 0.25) is 0 Å². The molecule has 19 heavy (non-hydrogen) atoms. The van der Waals surface area contributed by atoms with E-state index in [0.29, 0.717) is 6.04 Å². The Labute approximate surface area is 117 Å². The molecule has 0 aliphatic heterocycles. The van der Waals surface area contributed by atoms with Crippen molar-refractivity contribution in [2.24, 2.45) is 0 Å². The molecular weight excluding hydrogens is 238 g/mol. The first kappa shape index (κ1) is 16.2. The number of rotatable bonds is 11. The molecule has 1 rings (SSSR count). The second-order valence-electron chi connectivity index (χ2n) is 4.92. The highest BCUT2D eigenvalue weighted by Crippen LogP contribution is 2.15. The van der Waals surface area contributed by atoms with Gasteiger partial charge in [0.05, 0.1) is 19.3 Å². The topological polar surface area (TPSA) is 39.1 Å². The van der Waals surface area contributed by atoms with Crippen LogP contribution < -0.4 is 5.32 Å². The molecule has 1 aromatic rings. The van der Waals surface area contributed by atoms with Crippen LogP contribution in [0.25, 0.3) is 0 Å². The maximum absolute atomic E-state index is 5.56. The average Bonchev–Trinajstić information content (AvgIpc) is 2.88. The number of ether oxygens (including phenoxy) is 1. The number of hydrogen-bond acceptors (Lipinski definition) is 3. The zero-order valence-electron chi connectivity index (χ0n) is 12.7. The van der Waals surface area contributed by atoms with Crippen molar-refractivity contribution in [1.82, 2.24) is 15.1 Å². The number of nitrogens with zero attached hydrogens (tertiary/aromatic N) is 2. The van der Waals surface area contributed by atoms with Gasteiger partial charge in [0.1, 0.15) is 0 Å². The maximum atomic E-state index is 5.56. The first-order valence-electron chi connectivity index (χ1n) is 7.65. The van der Waals surface area contributed by atoms with Gasteiger partial charge >= 0.3 is 0 Å². The van der Waals surface area contributed by atoms with E-state index >= 15 is 0 Å². The van der Waals surface area contributed by atoms with Gasteiger partial charge in [-0.05, 0) is 25.8 Å². The number of nitrogens with one attached hydrogen (secondary N) is 1. The molecule has 1 unspecified atom stereocenters. The van der Waals surface area contributed by atoms with E-state index in [0.717, 1.165) is 45.6 Å². The normalized spacial score (nSPS) is 12.8. The third kappa shape index (κ3) is 6.21. The van der Waals surface area contributed by atoms with Gasteiger partial charge in [0.25, 0.3) is 0 Å². The summed E-state index contributed by atoms with van der Waals surface area (Å²) in [6.45, 7) is 10.1. The lowest BCUT2D eigenvalue weighted by molar-refractivity contribution is 0.121. The fourth-order valence-corrected chi connectivity index (χ4v) is 2.00. The Morgan fingerprint density at radius 1 is 1.26 bits per heavy atom. The number of aromatic nitrogens is 2. The molecule has 1 N–H and O–H groups in total. The summed E-state index contributed by atoms with van der Waals surface area (Å²) in [5.41, 5.74) is 1.28. The van der Waals surface area contributed by atoms with Crippen molar-refractivity contribution < 1.29 is 4.74 Å². The Balaban J connectivity index is 2.33. The lowest BCUT2D eigenvalue weighted by Crippen LogP contribution is -2.21. The van der Waals surface area contributed by atoms with E-state index in [1.165, 1.54) is 12.0 Å². The van der Waals surface area contributed by atoms with E-state index in [9.17, 15) is 0 Å². The molecule has 0 saturated heterocycles. The monoisotopic (exact) mass is 267 g/mol. The summed E-state index contributed by atoms with van der Waals surface area (Å²) in [5, 5.41) is 7.96. The smallest absolute Gasteiger partial charge is 0.0662 e. The molecule has 0 fully saturated rings. The zero-order chi connectivity index (χ0) is 13.9. The van der Waals surface area contributed by atoms with Gasteiger partial charge in [-0.1, -0.05) is 27.2 Å². The van der Waals surface area contributed by atoms with Crippen LogP contribution in [-0.2, 0) is 11.3 Å². The van der Waals surface area contributed by atoms with Crippen molar-refractivity contribution in [3.05, 3.63) is 18.0 Å². The maximum Gasteiger partial charge on any atom is 0.0662 e. The summed E-state index contributed by atoms with van der Waals surface area (Å²) in [6, 6.07) is 0.426. The fraction of sp³-hybridized carbons (Fsp3) is 0.800. The Hall–Kier alpha value is -0.870. The van der Waals surface area contributed by atoms with Gasteiger partial charge in [0, 0.05) is 24.4 Å². The molecule has 110 valence electrons. The largest absolute Gasteiger partial charge is 0.380 e. The predicted octanol–water partition coefficient (Wildman–Crippen LogP) is 3.15. The van der Waals surface area contributed by atoms with Crippen LogP contribution in [-0.4, -0.2) is 29.5 Å². The standard InChI is InChI=1S/C15H29N3O/c1-4-7-10-19-11-9-18-13-14(12-17-18)15(6-3)16-8-5-2/h12-13,15-16H,4-11H2,1-3H3. The van der Waals surface area contributed by atoms with Crippen molar-refractivity contribution in [3.63, 3.8) is 0 Å². The summed E-state index contributed by atoms with van der Waals surface area (Å²) in [5.74, 6) is 0. The minimum Gasteiger partial charge on any atom is -0.380 e. The molecule has 0 spiro atoms. The van der Waals surface area contributed by atoms with E-state index in [4.69, 9.17) is 4.74 Å². The summed E-state index contributed by atoms with van der Waals surface area (Å²) in [6.07, 6.45) is 8.70. The molecule has 4 heteroatoms. The van der Waals surface area contributed by atoms with Crippen molar-refractivity contribution in [2.45, 2.75) is 59.0 Å². The van der Waals surface area contributed by atoms with Crippen LogP contribution in [0.3, 0.4) is 0 Å². The molecular formula is C15H29N3O. The minimum atomic E-state index is 0.426. The fourth-order valence-electron chi connectivity index (χ4n) is 2.00. The molecule has 0 amide bonds. The molecule has 4 nitrogen and oxygen atoms in total. The van der Waals surface area contributed by atoms with Gasteiger partial charge in [-0.15, -0.1) is 0 Å². The van der Waals surface area contributed by atoms with Gasteiger partial charge in [-0.2, -0.15) is 5.10 Å². The Bertz CT molecular complexity index is 325. The lowest BCUT2D eigenvalue weighted by Gasteiger charge is -2.14. The van der Waals surface area contributed by atoms with Crippen molar-refractivity contribution in [3.8, 4) is 0 Å². The van der Waals surface area contributed by atoms with Crippen molar-refractivity contribution >= 4 is 0 Å². The van der Waals surface area contributed by atoms with Crippen molar-refractivity contribution in [2.75, 3.05) is 19.8 Å². The first-order valence-corrected chi connectivity index (χ1v) is 7.65. The van der Waals surface area contributed by atoms with Crippen LogP contribution in [0, 0.1) is 0 Å². The van der Waals surface area contributed by atoms with Gasteiger partial charge < -0.3 is 10.1 Å². The Morgan fingerprint density at radius 3 is 2.79 bits per heavy atom. The predicted molar refractivity (Wildman–Crippen MR) is 79.3 cm³/mol. The summed E-state index contributed by atoms with van der Waals surface area (Å²) >= 11 is 0. The first-order chi connectivity index (χ1) is 9.31. The molecule has 0 saturated carbocycles. The van der Waals surface area contributed by atoms with E-state index in [-0.39, 0.29) is 0 Å². The van der Waals surface area contributed by atoms with Crippen molar-refractivity contribution in [1.29, 1.82) is 0 Å². The minimum absolute atomic E-state index is 0.426. The van der Waals surface area contributed by atoms with Gasteiger partial charge in [-0.25, -0.2) is 0 Å². The summed E-state index contributed by atoms with van der Waals surface area (Å²) in [7, 11) is 0. The Kier molecular flexibility index (Phi) is 8.50. The van der Waals surface area contributed by atoms with Crippen LogP contribution in [0.15, 0.2) is 12.4 Å². The molecule has 1 atom stereocenters. The lowest BCUT2D eigenvalue weighted by atomic mass is 10.1. The SMILES string of the molecule is CCCCOCCn1cc(C(CC)NCCC)cn1. The molecule has 0 aromatic carbocycles. The molecule has 0 aliphatic rings. The number of hydrogen-bond donors (Lipinski definition) is 1. The van der Waals surface area contributed by atoms with E-state index in [2.05, 4.69) is 37.4 Å². The third-order valence-corrected chi connectivity index (χ3v) is 3.21. The van der Waals surface area contributed by atoms with Crippen LogP contribution in [0.4, 0.5) is 0 Å². The second-order valence-corrected chi connectivity index (χ2v) is 4.92. The highest BCUT2D eigenvalue weighted by molar-refractivity contribution is 5.10. The highest BCUT2D eigenvalue weighted by atomic mass is 16.5. The van der Waals surface area contributed by atoms with Crippen LogP contribution in [0.2, 0.25) is 0 Å². The molecule has 1 heterocycles.